The van der Waals surface area contributed by atoms with E-state index in [-0.39, 0.29) is 22.4 Å². The minimum Gasteiger partial charge on any atom is -0.462 e. The Morgan fingerprint density at radius 2 is 1.91 bits per heavy atom. The minimum absolute atomic E-state index is 0.171. The molecule has 0 bridgehead atoms. The molecule has 0 saturated carbocycles. The summed E-state index contributed by atoms with van der Waals surface area (Å²) in [6.45, 7) is 10.9. The van der Waals surface area contributed by atoms with Crippen LogP contribution in [0, 0.1) is 18.3 Å². The van der Waals surface area contributed by atoms with Gasteiger partial charge in [-0.05, 0) is 74.4 Å². The van der Waals surface area contributed by atoms with E-state index in [1.807, 2.05) is 19.1 Å². The van der Waals surface area contributed by atoms with E-state index in [1.54, 1.807) is 30.4 Å². The number of amides is 1. The van der Waals surface area contributed by atoms with E-state index in [0.717, 1.165) is 36.8 Å². The van der Waals surface area contributed by atoms with E-state index < -0.39 is 0 Å². The first-order chi connectivity index (χ1) is 15.2. The number of benzene rings is 1. The first kappa shape index (κ1) is 24.4. The quantitative estimate of drug-likeness (QED) is 0.405. The number of carbonyl (C=O) groups excluding carboxylic acids is 2. The number of thiophene rings is 1. The Balaban J connectivity index is 1.82. The van der Waals surface area contributed by atoms with Crippen LogP contribution in [-0.2, 0) is 17.6 Å². The van der Waals surface area contributed by atoms with Gasteiger partial charge in [-0.2, -0.15) is 0 Å². The van der Waals surface area contributed by atoms with Gasteiger partial charge >= 0.3 is 5.97 Å². The van der Waals surface area contributed by atoms with Crippen molar-refractivity contribution in [2.24, 2.45) is 11.3 Å². The maximum absolute atomic E-state index is 12.8. The van der Waals surface area contributed by atoms with Crippen LogP contribution < -0.4 is 10.6 Å². The van der Waals surface area contributed by atoms with Gasteiger partial charge in [-0.25, -0.2) is 4.79 Å². The zero-order chi connectivity index (χ0) is 23.5. The molecule has 172 valence electrons. The van der Waals surface area contributed by atoms with Crippen molar-refractivity contribution in [3.05, 3.63) is 51.4 Å². The number of ether oxygens (including phenoxy) is 1. The van der Waals surface area contributed by atoms with Gasteiger partial charge in [-0.1, -0.05) is 44.9 Å². The van der Waals surface area contributed by atoms with Gasteiger partial charge in [-0.3, -0.25) is 10.1 Å². The zero-order valence-corrected chi connectivity index (χ0v) is 21.1. The predicted molar refractivity (Wildman–Crippen MR) is 135 cm³/mol. The van der Waals surface area contributed by atoms with E-state index in [0.29, 0.717) is 28.7 Å². The molecule has 1 aromatic carbocycles. The largest absolute Gasteiger partial charge is 0.462 e. The van der Waals surface area contributed by atoms with Crippen molar-refractivity contribution in [3.63, 3.8) is 0 Å². The number of fused-ring (bicyclic) bond motifs is 1. The Morgan fingerprint density at radius 1 is 1.22 bits per heavy atom. The maximum Gasteiger partial charge on any atom is 0.341 e. The Hall–Kier alpha value is -2.25. The van der Waals surface area contributed by atoms with Crippen LogP contribution in [0.25, 0.3) is 0 Å². The van der Waals surface area contributed by atoms with Crippen molar-refractivity contribution in [2.75, 3.05) is 11.9 Å². The highest BCUT2D eigenvalue weighted by Gasteiger charge is 2.35. The summed E-state index contributed by atoms with van der Waals surface area (Å²) in [4.78, 5) is 26.5. The van der Waals surface area contributed by atoms with E-state index in [9.17, 15) is 9.59 Å². The number of thiocarbonyl (C=S) groups is 1. The number of aryl methyl sites for hydroxylation is 1. The normalized spacial score (nSPS) is 15.6. The molecule has 2 aromatic rings. The van der Waals surface area contributed by atoms with Crippen LogP contribution in [-0.4, -0.2) is 23.6 Å². The second-order valence-corrected chi connectivity index (χ2v) is 10.5. The Kier molecular flexibility index (Phi) is 7.72. The number of esters is 1. The lowest BCUT2D eigenvalue weighted by Crippen LogP contribution is -2.34. The topological polar surface area (TPSA) is 67.4 Å². The molecule has 32 heavy (non-hydrogen) atoms. The first-order valence-corrected chi connectivity index (χ1v) is 12.4. The Labute approximate surface area is 199 Å². The van der Waals surface area contributed by atoms with Crippen molar-refractivity contribution >= 4 is 45.5 Å². The number of hydrogen-bond donors (Lipinski definition) is 2. The van der Waals surface area contributed by atoms with Crippen molar-refractivity contribution in [1.82, 2.24) is 5.32 Å². The number of hydrogen-bond acceptors (Lipinski definition) is 5. The summed E-state index contributed by atoms with van der Waals surface area (Å²) < 4.78 is 5.35. The molecule has 0 radical (unpaired) electrons. The molecule has 1 aliphatic carbocycles. The summed E-state index contributed by atoms with van der Waals surface area (Å²) in [6, 6.07) is 7.28. The van der Waals surface area contributed by atoms with Gasteiger partial charge in [0.15, 0.2) is 5.11 Å². The molecule has 0 saturated heterocycles. The molecule has 1 heterocycles. The van der Waals surface area contributed by atoms with Crippen LogP contribution in [0.5, 0.6) is 0 Å². The summed E-state index contributed by atoms with van der Waals surface area (Å²) >= 11 is 6.95. The fourth-order valence-electron chi connectivity index (χ4n) is 4.06. The van der Waals surface area contributed by atoms with Crippen LogP contribution in [0.4, 0.5) is 5.00 Å². The summed E-state index contributed by atoms with van der Waals surface area (Å²) in [5, 5.41) is 6.65. The summed E-state index contributed by atoms with van der Waals surface area (Å²) in [5.74, 6) is -0.0608. The standard InChI is InChI=1S/C25H32N2O3S2/c1-6-25(4,5)17-12-13-18-19(14-17)32-22(20(18)23(29)30-7-2)27-24(31)26-21(28)16-10-8-15(3)9-11-16/h8-11,17H,6-7,12-14H2,1-5H3,(H2,26,27,28,31)/t17-/m1/s1. The average molecular weight is 473 g/mol. The third-order valence-electron chi connectivity index (χ3n) is 6.53. The number of carbonyl (C=O) groups is 2. The first-order valence-electron chi connectivity index (χ1n) is 11.2. The predicted octanol–water partition coefficient (Wildman–Crippen LogP) is 5.90. The highest BCUT2D eigenvalue weighted by Crippen LogP contribution is 2.45. The monoisotopic (exact) mass is 472 g/mol. The van der Waals surface area contributed by atoms with Gasteiger partial charge in [-0.15, -0.1) is 11.3 Å². The lowest BCUT2D eigenvalue weighted by molar-refractivity contribution is 0.0526. The number of anilines is 1. The van der Waals surface area contributed by atoms with E-state index >= 15 is 0 Å². The molecule has 7 heteroatoms. The van der Waals surface area contributed by atoms with Crippen LogP contribution >= 0.6 is 23.6 Å². The lowest BCUT2D eigenvalue weighted by atomic mass is 9.69. The fraction of sp³-hybridized carbons (Fsp3) is 0.480. The third kappa shape index (κ3) is 5.38. The van der Waals surface area contributed by atoms with Gasteiger partial charge in [0.2, 0.25) is 0 Å². The molecule has 1 amide bonds. The zero-order valence-electron chi connectivity index (χ0n) is 19.5. The van der Waals surface area contributed by atoms with Crippen LogP contribution in [0.3, 0.4) is 0 Å². The Morgan fingerprint density at radius 3 is 2.53 bits per heavy atom. The van der Waals surface area contributed by atoms with Crippen molar-refractivity contribution in [1.29, 1.82) is 0 Å². The summed E-state index contributed by atoms with van der Waals surface area (Å²) in [7, 11) is 0. The van der Waals surface area contributed by atoms with Crippen molar-refractivity contribution in [3.8, 4) is 0 Å². The molecule has 0 unspecified atom stereocenters. The van der Waals surface area contributed by atoms with Gasteiger partial charge in [0, 0.05) is 10.4 Å². The van der Waals surface area contributed by atoms with Gasteiger partial charge < -0.3 is 10.1 Å². The molecule has 5 nitrogen and oxygen atoms in total. The Bertz CT molecular complexity index is 1010. The third-order valence-corrected chi connectivity index (χ3v) is 7.90. The summed E-state index contributed by atoms with van der Waals surface area (Å²) in [6.07, 6.45) is 3.95. The lowest BCUT2D eigenvalue weighted by Gasteiger charge is -2.36. The van der Waals surface area contributed by atoms with E-state index in [1.165, 1.54) is 4.88 Å². The van der Waals surface area contributed by atoms with E-state index in [4.69, 9.17) is 17.0 Å². The molecule has 1 aromatic heterocycles. The van der Waals surface area contributed by atoms with Crippen LogP contribution in [0.2, 0.25) is 0 Å². The summed E-state index contributed by atoms with van der Waals surface area (Å²) in [5.41, 5.74) is 3.48. The number of nitrogens with one attached hydrogen (secondary N) is 2. The fourth-order valence-corrected chi connectivity index (χ4v) is 5.64. The molecular formula is C25H32N2O3S2. The highest BCUT2D eigenvalue weighted by atomic mass is 32.1. The molecule has 1 aliphatic rings. The minimum atomic E-state index is -0.339. The van der Waals surface area contributed by atoms with Gasteiger partial charge in [0.25, 0.3) is 5.91 Å². The van der Waals surface area contributed by atoms with Crippen molar-refractivity contribution < 1.29 is 14.3 Å². The molecule has 2 N–H and O–H groups in total. The SMILES string of the molecule is CCOC(=O)c1c(NC(=S)NC(=O)c2ccc(C)cc2)sc2c1CC[C@@H](C(C)(C)CC)C2. The van der Waals surface area contributed by atoms with Crippen LogP contribution in [0.15, 0.2) is 24.3 Å². The van der Waals surface area contributed by atoms with Gasteiger partial charge in [0.1, 0.15) is 5.00 Å². The molecule has 1 atom stereocenters. The maximum atomic E-state index is 12.8. The highest BCUT2D eigenvalue weighted by molar-refractivity contribution is 7.80. The van der Waals surface area contributed by atoms with Crippen molar-refractivity contribution in [2.45, 2.75) is 60.3 Å². The van der Waals surface area contributed by atoms with E-state index in [2.05, 4.69) is 31.4 Å². The second kappa shape index (κ2) is 10.1. The molecule has 0 spiro atoms. The number of rotatable bonds is 6. The van der Waals surface area contributed by atoms with Gasteiger partial charge in [0.05, 0.1) is 12.2 Å². The molecule has 3 rings (SSSR count). The average Bonchev–Trinajstić information content (AvgIpc) is 3.11. The second-order valence-electron chi connectivity index (χ2n) is 8.98. The smallest absolute Gasteiger partial charge is 0.341 e. The van der Waals surface area contributed by atoms with Crippen LogP contribution in [0.1, 0.15) is 77.3 Å². The molecular weight excluding hydrogens is 440 g/mol. The molecule has 0 aliphatic heterocycles. The molecule has 0 fully saturated rings.